The highest BCUT2D eigenvalue weighted by molar-refractivity contribution is 7.92. The Hall–Kier alpha value is -1.80. The topological polar surface area (TPSA) is 54.5 Å². The molecule has 0 aliphatic heterocycles. The van der Waals surface area contributed by atoms with Crippen LogP contribution in [0.15, 0.2) is 24.3 Å². The molecule has 0 spiro atoms. The number of nitrogens with zero attached hydrogens (tertiary/aromatic N) is 1. The lowest BCUT2D eigenvalue weighted by Gasteiger charge is -2.20. The summed E-state index contributed by atoms with van der Waals surface area (Å²) in [5.41, 5.74) is 0.598. The van der Waals surface area contributed by atoms with Gasteiger partial charge < -0.3 is 0 Å². The molecule has 0 amide bonds. The molecule has 84 valence electrons. The van der Waals surface area contributed by atoms with Gasteiger partial charge in [-0.1, -0.05) is 18.1 Å². The first-order chi connectivity index (χ1) is 7.50. The van der Waals surface area contributed by atoms with Crippen molar-refractivity contribution in [2.45, 2.75) is 0 Å². The lowest BCUT2D eigenvalue weighted by atomic mass is 10.2. The Morgan fingerprint density at radius 3 is 2.56 bits per heavy atom. The molecule has 5 heteroatoms. The molecule has 0 N–H and O–H groups in total. The molecule has 0 unspecified atom stereocenters. The van der Waals surface area contributed by atoms with E-state index in [0.717, 1.165) is 10.6 Å². The quantitative estimate of drug-likeness (QED) is 0.577. The van der Waals surface area contributed by atoms with E-state index in [1.165, 1.54) is 6.07 Å². The van der Waals surface area contributed by atoms with Crippen LogP contribution in [0.25, 0.3) is 0 Å². The van der Waals surface area contributed by atoms with Crippen molar-refractivity contribution >= 4 is 22.0 Å². The first-order valence-electron chi connectivity index (χ1n) is 4.46. The number of anilines is 1. The van der Waals surface area contributed by atoms with Crippen LogP contribution in [0.3, 0.4) is 0 Å². The summed E-state index contributed by atoms with van der Waals surface area (Å²) < 4.78 is 24.0. The molecule has 0 aromatic heterocycles. The number of rotatable bonds is 4. The number of hydrogen-bond donors (Lipinski definition) is 0. The summed E-state index contributed by atoms with van der Waals surface area (Å²) in [5.74, 6) is 2.25. The molecule has 1 rings (SSSR count). The highest BCUT2D eigenvalue weighted by atomic mass is 32.2. The molecule has 0 saturated carbocycles. The monoisotopic (exact) mass is 237 g/mol. The number of terminal acetylenes is 1. The van der Waals surface area contributed by atoms with Gasteiger partial charge in [0.2, 0.25) is 10.0 Å². The van der Waals surface area contributed by atoms with Gasteiger partial charge in [0.25, 0.3) is 0 Å². The van der Waals surface area contributed by atoms with Gasteiger partial charge in [0.05, 0.1) is 18.5 Å². The Morgan fingerprint density at radius 1 is 1.44 bits per heavy atom. The molecule has 1 aromatic rings. The Morgan fingerprint density at radius 2 is 2.06 bits per heavy atom. The Balaban J connectivity index is 3.33. The van der Waals surface area contributed by atoms with E-state index in [1.807, 2.05) is 0 Å². The third-order valence-corrected chi connectivity index (χ3v) is 3.09. The largest absolute Gasteiger partial charge is 0.298 e. The number of carbonyl (C=O) groups excluding carboxylic acids is 1. The predicted octanol–water partition coefficient (Wildman–Crippen LogP) is 0.898. The van der Waals surface area contributed by atoms with Gasteiger partial charge in [-0.15, -0.1) is 6.42 Å². The van der Waals surface area contributed by atoms with E-state index in [-0.39, 0.29) is 6.54 Å². The molecule has 0 radical (unpaired) electrons. The SMILES string of the molecule is C#CCN(c1ccccc1C=O)S(C)(=O)=O. The lowest BCUT2D eigenvalue weighted by Crippen LogP contribution is -2.30. The standard InChI is InChI=1S/C11H11NO3S/c1-3-8-12(16(2,14)15)11-7-5-4-6-10(11)9-13/h1,4-7,9H,8H2,2H3. The number of benzene rings is 1. The summed E-state index contributed by atoms with van der Waals surface area (Å²) in [6, 6.07) is 6.39. The van der Waals surface area contributed by atoms with Gasteiger partial charge in [-0.2, -0.15) is 0 Å². The van der Waals surface area contributed by atoms with Crippen molar-refractivity contribution in [2.75, 3.05) is 17.1 Å². The lowest BCUT2D eigenvalue weighted by molar-refractivity contribution is 0.112. The number of hydrogen-bond acceptors (Lipinski definition) is 3. The summed E-state index contributed by atoms with van der Waals surface area (Å²) in [7, 11) is -3.48. The van der Waals surface area contributed by atoms with Crippen LogP contribution in [0.2, 0.25) is 0 Å². The summed E-state index contributed by atoms with van der Waals surface area (Å²) >= 11 is 0. The van der Waals surface area contributed by atoms with Gasteiger partial charge in [-0.3, -0.25) is 9.10 Å². The van der Waals surface area contributed by atoms with Crippen LogP contribution in [0, 0.1) is 12.3 Å². The van der Waals surface area contributed by atoms with Crippen LogP contribution < -0.4 is 4.31 Å². The van der Waals surface area contributed by atoms with Crippen LogP contribution in [-0.2, 0) is 10.0 Å². The second kappa shape index (κ2) is 4.81. The zero-order chi connectivity index (χ0) is 12.2. The van der Waals surface area contributed by atoms with Gasteiger partial charge in [0.1, 0.15) is 0 Å². The number of para-hydroxylation sites is 1. The third-order valence-electron chi connectivity index (χ3n) is 1.97. The highest BCUT2D eigenvalue weighted by Crippen LogP contribution is 2.20. The Bertz CT molecular complexity index is 528. The van der Waals surface area contributed by atoms with E-state index in [1.54, 1.807) is 18.2 Å². The molecule has 1 aromatic carbocycles. The minimum atomic E-state index is -3.48. The first kappa shape index (κ1) is 12.3. The Kier molecular flexibility index (Phi) is 3.69. The number of aldehydes is 1. The fourth-order valence-electron chi connectivity index (χ4n) is 1.28. The Labute approximate surface area is 94.9 Å². The average molecular weight is 237 g/mol. The molecule has 16 heavy (non-hydrogen) atoms. The van der Waals surface area contributed by atoms with Gasteiger partial charge >= 0.3 is 0 Å². The fraction of sp³-hybridized carbons (Fsp3) is 0.182. The highest BCUT2D eigenvalue weighted by Gasteiger charge is 2.18. The second-order valence-corrected chi connectivity index (χ2v) is 5.06. The van der Waals surface area contributed by atoms with Gasteiger partial charge in [-0.05, 0) is 12.1 Å². The van der Waals surface area contributed by atoms with Gasteiger partial charge in [0, 0.05) is 5.56 Å². The first-order valence-corrected chi connectivity index (χ1v) is 6.31. The maximum atomic E-state index is 11.5. The molecule has 0 aliphatic carbocycles. The third kappa shape index (κ3) is 2.61. The van der Waals surface area contributed by atoms with Crippen molar-refractivity contribution < 1.29 is 13.2 Å². The molecule has 0 saturated heterocycles. The predicted molar refractivity (Wildman–Crippen MR) is 62.9 cm³/mol. The molecular formula is C11H11NO3S. The van der Waals surface area contributed by atoms with Crippen LogP contribution in [-0.4, -0.2) is 27.5 Å². The summed E-state index contributed by atoms with van der Waals surface area (Å²) in [5, 5.41) is 0. The smallest absolute Gasteiger partial charge is 0.233 e. The van der Waals surface area contributed by atoms with Gasteiger partial charge in [-0.25, -0.2) is 8.42 Å². The van der Waals surface area contributed by atoms with E-state index in [0.29, 0.717) is 17.5 Å². The van der Waals surface area contributed by atoms with Crippen molar-refractivity contribution in [2.24, 2.45) is 0 Å². The minimum Gasteiger partial charge on any atom is -0.298 e. The molecular weight excluding hydrogens is 226 g/mol. The van der Waals surface area contributed by atoms with E-state index < -0.39 is 10.0 Å². The van der Waals surface area contributed by atoms with E-state index in [4.69, 9.17) is 6.42 Å². The van der Waals surface area contributed by atoms with Crippen molar-refractivity contribution in [3.05, 3.63) is 29.8 Å². The number of sulfonamides is 1. The van der Waals surface area contributed by atoms with Crippen molar-refractivity contribution in [1.29, 1.82) is 0 Å². The summed E-state index contributed by atoms with van der Waals surface area (Å²) in [6.45, 7) is -0.0936. The van der Waals surface area contributed by atoms with Crippen molar-refractivity contribution in [3.8, 4) is 12.3 Å². The fourth-order valence-corrected chi connectivity index (χ4v) is 2.11. The molecule has 0 heterocycles. The summed E-state index contributed by atoms with van der Waals surface area (Å²) in [4.78, 5) is 10.8. The van der Waals surface area contributed by atoms with Crippen LogP contribution >= 0.6 is 0 Å². The maximum Gasteiger partial charge on any atom is 0.233 e. The van der Waals surface area contributed by atoms with Gasteiger partial charge in [0.15, 0.2) is 6.29 Å². The van der Waals surface area contributed by atoms with Crippen LogP contribution in [0.1, 0.15) is 10.4 Å². The zero-order valence-electron chi connectivity index (χ0n) is 8.75. The van der Waals surface area contributed by atoms with Crippen molar-refractivity contribution in [1.82, 2.24) is 0 Å². The summed E-state index contributed by atoms with van der Waals surface area (Å²) in [6.07, 6.45) is 6.76. The molecule has 0 fully saturated rings. The van der Waals surface area contributed by atoms with Crippen molar-refractivity contribution in [3.63, 3.8) is 0 Å². The van der Waals surface area contributed by atoms with Crippen LogP contribution in [0.4, 0.5) is 5.69 Å². The van der Waals surface area contributed by atoms with E-state index in [9.17, 15) is 13.2 Å². The van der Waals surface area contributed by atoms with Crippen LogP contribution in [0.5, 0.6) is 0 Å². The zero-order valence-corrected chi connectivity index (χ0v) is 9.57. The van der Waals surface area contributed by atoms with E-state index in [2.05, 4.69) is 5.92 Å². The normalized spacial score (nSPS) is 10.5. The molecule has 4 nitrogen and oxygen atoms in total. The second-order valence-electron chi connectivity index (χ2n) is 3.15. The maximum absolute atomic E-state index is 11.5. The number of carbonyl (C=O) groups is 1. The molecule has 0 atom stereocenters. The van der Waals surface area contributed by atoms with E-state index >= 15 is 0 Å². The molecule has 0 bridgehead atoms. The average Bonchev–Trinajstić information content (AvgIpc) is 2.24. The molecule has 0 aliphatic rings. The minimum absolute atomic E-state index is 0.0936.